The number of hydrogen-bond donors (Lipinski definition) is 1. The molecule has 2 saturated heterocycles. The second kappa shape index (κ2) is 4.69. The average molecular weight is 229 g/mol. The highest BCUT2D eigenvalue weighted by Gasteiger charge is 2.43. The van der Waals surface area contributed by atoms with Crippen LogP contribution in [0.2, 0.25) is 0 Å². The Kier molecular flexibility index (Phi) is 3.47. The molecule has 2 fully saturated rings. The quantitative estimate of drug-likeness (QED) is 0.756. The van der Waals surface area contributed by atoms with Crippen molar-refractivity contribution in [2.75, 3.05) is 33.4 Å². The number of ether oxygens (including phenoxy) is 2. The van der Waals surface area contributed by atoms with Crippen molar-refractivity contribution >= 4 is 5.97 Å². The average Bonchev–Trinajstić information content (AvgIpc) is 2.60. The smallest absolute Gasteiger partial charge is 0.317 e. The molecule has 2 aliphatic heterocycles. The molecular weight excluding hydrogens is 210 g/mol. The molecular formula is C11H19NO4. The monoisotopic (exact) mass is 229 g/mol. The summed E-state index contributed by atoms with van der Waals surface area (Å²) in [6.07, 6.45) is 3.01. The third kappa shape index (κ3) is 2.53. The summed E-state index contributed by atoms with van der Waals surface area (Å²) < 4.78 is 11.2. The van der Waals surface area contributed by atoms with E-state index in [-0.39, 0.29) is 18.2 Å². The molecule has 2 aliphatic rings. The summed E-state index contributed by atoms with van der Waals surface area (Å²) in [6, 6.07) is 0. The Morgan fingerprint density at radius 1 is 1.69 bits per heavy atom. The number of methoxy groups -OCH3 is 1. The highest BCUT2D eigenvalue weighted by atomic mass is 16.5. The molecule has 0 bridgehead atoms. The van der Waals surface area contributed by atoms with Gasteiger partial charge in [-0.25, -0.2) is 0 Å². The maximum Gasteiger partial charge on any atom is 0.317 e. The van der Waals surface area contributed by atoms with E-state index in [9.17, 15) is 4.79 Å². The summed E-state index contributed by atoms with van der Waals surface area (Å²) in [5, 5.41) is 8.75. The molecule has 0 radical (unpaired) electrons. The van der Waals surface area contributed by atoms with Gasteiger partial charge >= 0.3 is 5.97 Å². The standard InChI is InChI=1S/C11H19NO4/c1-15-9-2-5-16-11(6-9)3-4-12(8-11)7-10(13)14/h9H,2-8H2,1H3,(H,13,14)/t9-,11+/m0/s1. The molecule has 2 heterocycles. The summed E-state index contributed by atoms with van der Waals surface area (Å²) >= 11 is 0. The molecule has 0 aromatic heterocycles. The van der Waals surface area contributed by atoms with Crippen LogP contribution in [0.1, 0.15) is 19.3 Å². The van der Waals surface area contributed by atoms with E-state index in [1.54, 1.807) is 7.11 Å². The summed E-state index contributed by atoms with van der Waals surface area (Å²) in [6.45, 7) is 2.37. The number of aliphatic carboxylic acids is 1. The summed E-state index contributed by atoms with van der Waals surface area (Å²) in [5.74, 6) is -0.767. The zero-order chi connectivity index (χ0) is 11.6. The first-order valence-corrected chi connectivity index (χ1v) is 5.74. The lowest BCUT2D eigenvalue weighted by molar-refractivity contribution is -0.139. The van der Waals surface area contributed by atoms with E-state index in [0.717, 1.165) is 39.0 Å². The van der Waals surface area contributed by atoms with E-state index in [4.69, 9.17) is 14.6 Å². The Labute approximate surface area is 95.3 Å². The highest BCUT2D eigenvalue weighted by molar-refractivity contribution is 5.69. The molecule has 5 nitrogen and oxygen atoms in total. The van der Waals surface area contributed by atoms with Crippen LogP contribution in [0.4, 0.5) is 0 Å². The second-order valence-corrected chi connectivity index (χ2v) is 4.74. The van der Waals surface area contributed by atoms with Crippen LogP contribution in [-0.2, 0) is 14.3 Å². The number of carboxylic acid groups (broad SMARTS) is 1. The van der Waals surface area contributed by atoms with Gasteiger partial charge in [-0.05, 0) is 12.8 Å². The molecule has 0 amide bonds. The van der Waals surface area contributed by atoms with Crippen molar-refractivity contribution in [3.05, 3.63) is 0 Å². The molecule has 0 aromatic carbocycles. The molecule has 0 saturated carbocycles. The van der Waals surface area contributed by atoms with E-state index in [1.807, 2.05) is 4.90 Å². The van der Waals surface area contributed by atoms with Gasteiger partial charge in [-0.15, -0.1) is 0 Å². The van der Waals surface area contributed by atoms with Crippen LogP contribution in [-0.4, -0.2) is 61.0 Å². The van der Waals surface area contributed by atoms with Crippen LogP contribution in [0.3, 0.4) is 0 Å². The van der Waals surface area contributed by atoms with Crippen molar-refractivity contribution in [3.8, 4) is 0 Å². The minimum absolute atomic E-state index is 0.114. The first-order valence-electron chi connectivity index (χ1n) is 5.74. The van der Waals surface area contributed by atoms with E-state index in [2.05, 4.69) is 0 Å². The minimum atomic E-state index is -0.767. The SMILES string of the molecule is CO[C@H]1CCO[C@]2(CCN(CC(=O)O)C2)C1. The molecule has 92 valence electrons. The Morgan fingerprint density at radius 3 is 3.19 bits per heavy atom. The molecule has 1 spiro atoms. The van der Waals surface area contributed by atoms with Crippen LogP contribution in [0.25, 0.3) is 0 Å². The van der Waals surface area contributed by atoms with Crippen LogP contribution >= 0.6 is 0 Å². The summed E-state index contributed by atoms with van der Waals surface area (Å²) in [5.41, 5.74) is -0.158. The van der Waals surface area contributed by atoms with Crippen molar-refractivity contribution in [1.29, 1.82) is 0 Å². The Morgan fingerprint density at radius 2 is 2.50 bits per heavy atom. The van der Waals surface area contributed by atoms with Crippen molar-refractivity contribution in [1.82, 2.24) is 4.90 Å². The first kappa shape index (κ1) is 11.8. The van der Waals surface area contributed by atoms with Gasteiger partial charge < -0.3 is 14.6 Å². The van der Waals surface area contributed by atoms with Crippen molar-refractivity contribution in [3.63, 3.8) is 0 Å². The Balaban J connectivity index is 1.92. The predicted octanol–water partition coefficient (Wildman–Crippen LogP) is 0.341. The highest BCUT2D eigenvalue weighted by Crippen LogP contribution is 2.34. The minimum Gasteiger partial charge on any atom is -0.480 e. The van der Waals surface area contributed by atoms with Gasteiger partial charge in [0.25, 0.3) is 0 Å². The molecule has 2 rings (SSSR count). The number of carboxylic acids is 1. The number of carbonyl (C=O) groups is 1. The van der Waals surface area contributed by atoms with E-state index in [0.29, 0.717) is 0 Å². The predicted molar refractivity (Wildman–Crippen MR) is 57.4 cm³/mol. The number of likely N-dealkylation sites (tertiary alicyclic amines) is 1. The van der Waals surface area contributed by atoms with Crippen LogP contribution in [0, 0.1) is 0 Å². The normalized spacial score (nSPS) is 35.7. The summed E-state index contributed by atoms with van der Waals surface area (Å²) in [7, 11) is 1.73. The largest absolute Gasteiger partial charge is 0.480 e. The lowest BCUT2D eigenvalue weighted by Gasteiger charge is -2.37. The van der Waals surface area contributed by atoms with Gasteiger partial charge in [-0.2, -0.15) is 0 Å². The fourth-order valence-corrected chi connectivity index (χ4v) is 2.72. The zero-order valence-corrected chi connectivity index (χ0v) is 9.65. The third-order valence-electron chi connectivity index (χ3n) is 3.54. The molecule has 5 heteroatoms. The first-order chi connectivity index (χ1) is 7.63. The lowest BCUT2D eigenvalue weighted by atomic mass is 9.91. The van der Waals surface area contributed by atoms with Gasteiger partial charge in [-0.1, -0.05) is 0 Å². The van der Waals surface area contributed by atoms with Crippen LogP contribution < -0.4 is 0 Å². The van der Waals surface area contributed by atoms with E-state index in [1.165, 1.54) is 0 Å². The van der Waals surface area contributed by atoms with Crippen molar-refractivity contribution in [2.24, 2.45) is 0 Å². The molecule has 0 aromatic rings. The van der Waals surface area contributed by atoms with Gasteiger partial charge in [0, 0.05) is 33.2 Å². The van der Waals surface area contributed by atoms with Crippen LogP contribution in [0.15, 0.2) is 0 Å². The molecule has 16 heavy (non-hydrogen) atoms. The second-order valence-electron chi connectivity index (χ2n) is 4.74. The molecule has 2 atom stereocenters. The Bertz CT molecular complexity index is 271. The van der Waals surface area contributed by atoms with E-state index >= 15 is 0 Å². The Hall–Kier alpha value is -0.650. The summed E-state index contributed by atoms with van der Waals surface area (Å²) in [4.78, 5) is 12.6. The fourth-order valence-electron chi connectivity index (χ4n) is 2.72. The topological polar surface area (TPSA) is 59.0 Å². The molecule has 1 N–H and O–H groups in total. The van der Waals surface area contributed by atoms with Crippen molar-refractivity contribution in [2.45, 2.75) is 31.0 Å². The molecule has 0 unspecified atom stereocenters. The molecule has 0 aliphatic carbocycles. The lowest BCUT2D eigenvalue weighted by Crippen LogP contribution is -2.45. The third-order valence-corrected chi connectivity index (χ3v) is 3.54. The van der Waals surface area contributed by atoms with Gasteiger partial charge in [0.05, 0.1) is 18.2 Å². The van der Waals surface area contributed by atoms with E-state index < -0.39 is 5.97 Å². The van der Waals surface area contributed by atoms with Crippen molar-refractivity contribution < 1.29 is 19.4 Å². The van der Waals surface area contributed by atoms with Gasteiger partial charge in [-0.3, -0.25) is 9.69 Å². The maximum atomic E-state index is 10.6. The number of hydrogen-bond acceptors (Lipinski definition) is 4. The number of rotatable bonds is 3. The number of nitrogens with zero attached hydrogens (tertiary/aromatic N) is 1. The fraction of sp³-hybridized carbons (Fsp3) is 0.909. The van der Waals surface area contributed by atoms with Gasteiger partial charge in [0.2, 0.25) is 0 Å². The van der Waals surface area contributed by atoms with Gasteiger partial charge in [0.1, 0.15) is 0 Å². The van der Waals surface area contributed by atoms with Crippen LogP contribution in [0.5, 0.6) is 0 Å². The maximum absolute atomic E-state index is 10.6. The van der Waals surface area contributed by atoms with Gasteiger partial charge in [0.15, 0.2) is 0 Å². The zero-order valence-electron chi connectivity index (χ0n) is 9.65.